The first-order chi connectivity index (χ1) is 16.1. The zero-order valence-electron chi connectivity index (χ0n) is 21.8. The Labute approximate surface area is 203 Å². The molecule has 0 aromatic heterocycles. The molecule has 0 bridgehead atoms. The Hall–Kier alpha value is -1.86. The lowest BCUT2D eigenvalue weighted by molar-refractivity contribution is 0.0321. The molecular formula is C32H46O. The second-order valence-corrected chi connectivity index (χ2v) is 10.1. The van der Waals surface area contributed by atoms with Gasteiger partial charge in [-0.1, -0.05) is 108 Å². The topological polar surface area (TPSA) is 9.23 Å². The predicted octanol–water partition coefficient (Wildman–Crippen LogP) is 9.46. The van der Waals surface area contributed by atoms with E-state index in [0.717, 1.165) is 24.7 Å². The van der Waals surface area contributed by atoms with E-state index in [-0.39, 0.29) is 6.10 Å². The Bertz CT molecular complexity index is 893. The van der Waals surface area contributed by atoms with E-state index in [9.17, 15) is 0 Å². The summed E-state index contributed by atoms with van der Waals surface area (Å²) in [5.41, 5.74) is 8.54. The summed E-state index contributed by atoms with van der Waals surface area (Å²) in [7, 11) is 0. The normalized spacial score (nSPS) is 20.4. The van der Waals surface area contributed by atoms with Gasteiger partial charge in [0.05, 0.1) is 12.7 Å². The van der Waals surface area contributed by atoms with E-state index in [1.807, 2.05) is 0 Å². The van der Waals surface area contributed by atoms with Gasteiger partial charge in [0.25, 0.3) is 0 Å². The first-order valence-corrected chi connectivity index (χ1v) is 13.5. The van der Waals surface area contributed by atoms with Crippen molar-refractivity contribution in [2.45, 2.75) is 105 Å². The van der Waals surface area contributed by atoms with Gasteiger partial charge in [-0.05, 0) is 78.3 Å². The summed E-state index contributed by atoms with van der Waals surface area (Å²) in [4.78, 5) is 0. The van der Waals surface area contributed by atoms with Crippen molar-refractivity contribution < 1.29 is 4.74 Å². The van der Waals surface area contributed by atoms with Crippen molar-refractivity contribution in [3.05, 3.63) is 76.4 Å². The fourth-order valence-electron chi connectivity index (χ4n) is 5.95. The van der Waals surface area contributed by atoms with E-state index in [2.05, 4.69) is 83.1 Å². The highest BCUT2D eigenvalue weighted by molar-refractivity contribution is 5.71. The van der Waals surface area contributed by atoms with E-state index >= 15 is 0 Å². The maximum Gasteiger partial charge on any atom is 0.0798 e. The molecule has 0 spiro atoms. The number of hydrogen-bond acceptors (Lipinski definition) is 1. The molecule has 1 aliphatic rings. The summed E-state index contributed by atoms with van der Waals surface area (Å²) in [6, 6.07) is 17.6. The first-order valence-electron chi connectivity index (χ1n) is 13.5. The van der Waals surface area contributed by atoms with Crippen LogP contribution in [0, 0.1) is 25.7 Å². The minimum atomic E-state index is 0.202. The molecule has 0 N–H and O–H groups in total. The monoisotopic (exact) mass is 446 g/mol. The van der Waals surface area contributed by atoms with Crippen LogP contribution in [0.15, 0.2) is 54.1 Å². The standard InChI is InChI=1S/C32H46O/c1-6-15-31(30-21-14-10-17-25(30)5)29(8-3)32(22-27-19-13-12-18-26(27)7-2)33-23-28-20-11-9-16-24(28)4/h9-11,14,16-17,20-21,26-27,32H,6-8,12-13,15,18-19,22-23H2,1-5H3/b31-29+. The SMILES string of the molecule is CCC/C(=C(/CC)C(CC1CCCCC1CC)OCc1ccccc1C)c1ccccc1C. The summed E-state index contributed by atoms with van der Waals surface area (Å²) >= 11 is 0. The quantitative estimate of drug-likeness (QED) is 0.334. The number of rotatable bonds is 11. The molecule has 180 valence electrons. The summed E-state index contributed by atoms with van der Waals surface area (Å²) in [5.74, 6) is 1.64. The van der Waals surface area contributed by atoms with Crippen LogP contribution in [0.5, 0.6) is 0 Å². The minimum Gasteiger partial charge on any atom is -0.369 e. The molecule has 0 radical (unpaired) electrons. The molecule has 0 aliphatic heterocycles. The molecule has 0 heterocycles. The van der Waals surface area contributed by atoms with Gasteiger partial charge in [0.2, 0.25) is 0 Å². The van der Waals surface area contributed by atoms with Gasteiger partial charge in [-0.15, -0.1) is 0 Å². The number of allylic oxidation sites excluding steroid dienone is 1. The van der Waals surface area contributed by atoms with Crippen molar-refractivity contribution in [1.82, 2.24) is 0 Å². The van der Waals surface area contributed by atoms with Gasteiger partial charge >= 0.3 is 0 Å². The molecule has 1 aliphatic carbocycles. The zero-order valence-corrected chi connectivity index (χ0v) is 21.8. The number of ether oxygens (including phenoxy) is 1. The maximum absolute atomic E-state index is 6.89. The van der Waals surface area contributed by atoms with Crippen LogP contribution in [0.25, 0.3) is 5.57 Å². The molecule has 1 heteroatoms. The van der Waals surface area contributed by atoms with E-state index in [4.69, 9.17) is 4.74 Å². The van der Waals surface area contributed by atoms with Gasteiger partial charge < -0.3 is 4.74 Å². The van der Waals surface area contributed by atoms with Crippen LogP contribution in [-0.2, 0) is 11.3 Å². The fraction of sp³-hybridized carbons (Fsp3) is 0.562. The Morgan fingerprint density at radius 2 is 1.55 bits per heavy atom. The Morgan fingerprint density at radius 3 is 2.18 bits per heavy atom. The van der Waals surface area contributed by atoms with Crippen LogP contribution in [0.3, 0.4) is 0 Å². The number of benzene rings is 2. The van der Waals surface area contributed by atoms with Crippen LogP contribution in [-0.4, -0.2) is 6.10 Å². The summed E-state index contributed by atoms with van der Waals surface area (Å²) in [6.45, 7) is 12.2. The maximum atomic E-state index is 6.89. The third kappa shape index (κ3) is 6.82. The highest BCUT2D eigenvalue weighted by atomic mass is 16.5. The minimum absolute atomic E-state index is 0.202. The lowest BCUT2D eigenvalue weighted by Gasteiger charge is -2.35. The molecule has 3 unspecified atom stereocenters. The highest BCUT2D eigenvalue weighted by Crippen LogP contribution is 2.39. The third-order valence-electron chi connectivity index (χ3n) is 7.94. The van der Waals surface area contributed by atoms with Crippen molar-refractivity contribution in [3.63, 3.8) is 0 Å². The first kappa shape index (κ1) is 25.8. The molecule has 33 heavy (non-hydrogen) atoms. The van der Waals surface area contributed by atoms with E-state index in [0.29, 0.717) is 6.61 Å². The van der Waals surface area contributed by atoms with Crippen molar-refractivity contribution >= 4 is 5.57 Å². The Balaban J connectivity index is 1.99. The van der Waals surface area contributed by atoms with Crippen molar-refractivity contribution in [3.8, 4) is 0 Å². The van der Waals surface area contributed by atoms with Crippen molar-refractivity contribution in [2.24, 2.45) is 11.8 Å². The molecule has 3 rings (SSSR count). The van der Waals surface area contributed by atoms with Gasteiger partial charge in [-0.3, -0.25) is 0 Å². The van der Waals surface area contributed by atoms with Crippen LogP contribution in [0.1, 0.15) is 101 Å². The van der Waals surface area contributed by atoms with Crippen LogP contribution < -0.4 is 0 Å². The highest BCUT2D eigenvalue weighted by Gasteiger charge is 2.29. The average Bonchev–Trinajstić information content (AvgIpc) is 2.84. The molecule has 2 aromatic carbocycles. The summed E-state index contributed by atoms with van der Waals surface area (Å²) in [5, 5.41) is 0. The largest absolute Gasteiger partial charge is 0.369 e. The lowest BCUT2D eigenvalue weighted by atomic mass is 9.74. The molecule has 0 amide bonds. The van der Waals surface area contributed by atoms with E-state index in [1.54, 1.807) is 5.57 Å². The molecule has 1 fully saturated rings. The fourth-order valence-corrected chi connectivity index (χ4v) is 5.95. The van der Waals surface area contributed by atoms with E-state index < -0.39 is 0 Å². The summed E-state index contributed by atoms with van der Waals surface area (Å²) in [6.07, 6.45) is 11.6. The average molecular weight is 447 g/mol. The molecular weight excluding hydrogens is 400 g/mol. The molecule has 1 saturated carbocycles. The second kappa shape index (κ2) is 13.1. The van der Waals surface area contributed by atoms with Crippen molar-refractivity contribution in [1.29, 1.82) is 0 Å². The molecule has 2 aromatic rings. The second-order valence-electron chi connectivity index (χ2n) is 10.1. The smallest absolute Gasteiger partial charge is 0.0798 e. The van der Waals surface area contributed by atoms with Gasteiger partial charge in [0, 0.05) is 0 Å². The Morgan fingerprint density at radius 1 is 0.879 bits per heavy atom. The van der Waals surface area contributed by atoms with E-state index in [1.165, 1.54) is 72.8 Å². The van der Waals surface area contributed by atoms with Crippen LogP contribution in [0.4, 0.5) is 0 Å². The van der Waals surface area contributed by atoms with Crippen LogP contribution in [0.2, 0.25) is 0 Å². The Kier molecular flexibility index (Phi) is 10.3. The number of hydrogen-bond donors (Lipinski definition) is 0. The zero-order chi connectivity index (χ0) is 23.6. The van der Waals surface area contributed by atoms with Gasteiger partial charge in [-0.25, -0.2) is 0 Å². The molecule has 1 nitrogen and oxygen atoms in total. The lowest BCUT2D eigenvalue weighted by Crippen LogP contribution is -2.27. The van der Waals surface area contributed by atoms with Crippen LogP contribution >= 0.6 is 0 Å². The summed E-state index contributed by atoms with van der Waals surface area (Å²) < 4.78 is 6.89. The van der Waals surface area contributed by atoms with Gasteiger partial charge in [0.15, 0.2) is 0 Å². The van der Waals surface area contributed by atoms with Crippen molar-refractivity contribution in [2.75, 3.05) is 0 Å². The number of aryl methyl sites for hydroxylation is 2. The predicted molar refractivity (Wildman–Crippen MR) is 143 cm³/mol. The van der Waals surface area contributed by atoms with Gasteiger partial charge in [0.1, 0.15) is 0 Å². The third-order valence-corrected chi connectivity index (χ3v) is 7.94. The molecule has 3 atom stereocenters. The van der Waals surface area contributed by atoms with Gasteiger partial charge in [-0.2, -0.15) is 0 Å². The molecule has 0 saturated heterocycles.